The third kappa shape index (κ3) is 10.5. The Morgan fingerprint density at radius 2 is 1.06 bits per heavy atom. The Morgan fingerprint density at radius 3 is 1.62 bits per heavy atom. The van der Waals surface area contributed by atoms with Gasteiger partial charge in [-0.2, -0.15) is 0 Å². The lowest BCUT2D eigenvalue weighted by molar-refractivity contribution is 0.577. The molecule has 16 heavy (non-hydrogen) atoms. The van der Waals surface area contributed by atoms with E-state index in [2.05, 4.69) is 6.92 Å². The van der Waals surface area contributed by atoms with Gasteiger partial charge in [-0.1, -0.05) is 58.8 Å². The molecule has 0 saturated carbocycles. The summed E-state index contributed by atoms with van der Waals surface area (Å²) in [6.07, 6.45) is 10.1. The smallest absolute Gasteiger partial charge is 0.150 e. The average molecular weight is 248 g/mol. The minimum atomic E-state index is -2.74. The van der Waals surface area contributed by atoms with Gasteiger partial charge in [-0.05, 0) is 12.8 Å². The van der Waals surface area contributed by atoms with Gasteiger partial charge in [0.1, 0.15) is 9.84 Å². The lowest BCUT2D eigenvalue weighted by Crippen LogP contribution is -2.10. The molecule has 0 spiro atoms. The predicted octanol–water partition coefficient (Wildman–Crippen LogP) is 3.95. The van der Waals surface area contributed by atoms with E-state index in [0.29, 0.717) is 11.5 Å². The molecule has 98 valence electrons. The Balaban J connectivity index is 3.36. The summed E-state index contributed by atoms with van der Waals surface area (Å²) in [5, 5.41) is 0. The van der Waals surface area contributed by atoms with E-state index in [1.807, 2.05) is 6.92 Å². The fourth-order valence-corrected chi connectivity index (χ4v) is 3.32. The SMILES string of the molecule is CCCCCCCCCS(=O)(=O)CCCC. The zero-order valence-electron chi connectivity index (χ0n) is 11.0. The van der Waals surface area contributed by atoms with Crippen LogP contribution in [0.2, 0.25) is 0 Å². The molecule has 0 aliphatic rings. The summed E-state index contributed by atoms with van der Waals surface area (Å²) in [6, 6.07) is 0. The maximum Gasteiger partial charge on any atom is 0.150 e. The van der Waals surface area contributed by atoms with Gasteiger partial charge >= 0.3 is 0 Å². The molecule has 0 atom stereocenters. The van der Waals surface area contributed by atoms with Crippen LogP contribution in [0.25, 0.3) is 0 Å². The first-order valence-electron chi connectivity index (χ1n) is 6.82. The van der Waals surface area contributed by atoms with Gasteiger partial charge in [-0.25, -0.2) is 8.42 Å². The monoisotopic (exact) mass is 248 g/mol. The average Bonchev–Trinajstić information content (AvgIpc) is 2.25. The summed E-state index contributed by atoms with van der Waals surface area (Å²) in [6.45, 7) is 4.24. The quantitative estimate of drug-likeness (QED) is 0.519. The van der Waals surface area contributed by atoms with E-state index in [9.17, 15) is 8.42 Å². The van der Waals surface area contributed by atoms with E-state index < -0.39 is 9.84 Å². The summed E-state index contributed by atoms with van der Waals surface area (Å²) < 4.78 is 23.0. The van der Waals surface area contributed by atoms with Gasteiger partial charge in [-0.3, -0.25) is 0 Å². The second kappa shape index (κ2) is 10.1. The normalized spacial score (nSPS) is 11.9. The molecule has 0 aromatic heterocycles. The molecule has 2 nitrogen and oxygen atoms in total. The Hall–Kier alpha value is -0.0500. The van der Waals surface area contributed by atoms with Crippen LogP contribution in [0.15, 0.2) is 0 Å². The highest BCUT2D eigenvalue weighted by molar-refractivity contribution is 7.91. The molecule has 0 saturated heterocycles. The van der Waals surface area contributed by atoms with Crippen LogP contribution < -0.4 is 0 Å². The molecule has 0 aliphatic heterocycles. The van der Waals surface area contributed by atoms with E-state index in [1.165, 1.54) is 32.1 Å². The van der Waals surface area contributed by atoms with Crippen LogP contribution in [0.5, 0.6) is 0 Å². The number of rotatable bonds is 11. The largest absolute Gasteiger partial charge is 0.229 e. The highest BCUT2D eigenvalue weighted by Crippen LogP contribution is 2.08. The van der Waals surface area contributed by atoms with Gasteiger partial charge in [-0.15, -0.1) is 0 Å². The van der Waals surface area contributed by atoms with Crippen LogP contribution >= 0.6 is 0 Å². The van der Waals surface area contributed by atoms with Crippen molar-refractivity contribution >= 4 is 9.84 Å². The minimum Gasteiger partial charge on any atom is -0.229 e. The summed E-state index contributed by atoms with van der Waals surface area (Å²) in [5.41, 5.74) is 0. The van der Waals surface area contributed by atoms with Gasteiger partial charge in [0.15, 0.2) is 0 Å². The molecule has 0 amide bonds. The van der Waals surface area contributed by atoms with Crippen LogP contribution in [0.1, 0.15) is 71.6 Å². The topological polar surface area (TPSA) is 34.1 Å². The first-order valence-corrected chi connectivity index (χ1v) is 8.65. The minimum absolute atomic E-state index is 0.388. The van der Waals surface area contributed by atoms with Crippen LogP contribution in [-0.4, -0.2) is 19.9 Å². The lowest BCUT2D eigenvalue weighted by atomic mass is 10.1. The van der Waals surface area contributed by atoms with Crippen LogP contribution in [0.3, 0.4) is 0 Å². The third-order valence-electron chi connectivity index (χ3n) is 2.87. The molecule has 0 N–H and O–H groups in total. The number of hydrogen-bond donors (Lipinski definition) is 0. The maximum atomic E-state index is 11.5. The highest BCUT2D eigenvalue weighted by Gasteiger charge is 2.08. The van der Waals surface area contributed by atoms with Gasteiger partial charge in [0, 0.05) is 0 Å². The summed E-state index contributed by atoms with van der Waals surface area (Å²) in [7, 11) is -2.74. The fraction of sp³-hybridized carbons (Fsp3) is 1.00. The molecule has 0 aromatic rings. The van der Waals surface area contributed by atoms with E-state index in [4.69, 9.17) is 0 Å². The van der Waals surface area contributed by atoms with Crippen molar-refractivity contribution < 1.29 is 8.42 Å². The Labute approximate surface area is 102 Å². The number of hydrogen-bond acceptors (Lipinski definition) is 2. The zero-order valence-corrected chi connectivity index (χ0v) is 11.8. The van der Waals surface area contributed by atoms with Crippen molar-refractivity contribution in [3.8, 4) is 0 Å². The Bertz CT molecular complexity index is 232. The molecule has 0 fully saturated rings. The fourth-order valence-electron chi connectivity index (χ4n) is 1.75. The molecule has 0 heterocycles. The van der Waals surface area contributed by atoms with Crippen molar-refractivity contribution in [3.05, 3.63) is 0 Å². The standard InChI is InChI=1S/C13H28O2S/c1-3-5-7-8-9-10-11-13-16(14,15)12-6-4-2/h3-13H2,1-2H3. The number of sulfone groups is 1. The van der Waals surface area contributed by atoms with Gasteiger partial charge in [0.25, 0.3) is 0 Å². The van der Waals surface area contributed by atoms with Crippen LogP contribution in [0.4, 0.5) is 0 Å². The molecule has 0 unspecified atom stereocenters. The van der Waals surface area contributed by atoms with E-state index >= 15 is 0 Å². The molecule has 0 rings (SSSR count). The summed E-state index contributed by atoms with van der Waals surface area (Å²) in [4.78, 5) is 0. The van der Waals surface area contributed by atoms with Gasteiger partial charge in [0.05, 0.1) is 11.5 Å². The first kappa shape index (κ1) is 16.0. The second-order valence-electron chi connectivity index (χ2n) is 4.63. The number of unbranched alkanes of at least 4 members (excludes halogenated alkanes) is 7. The predicted molar refractivity (Wildman–Crippen MR) is 71.6 cm³/mol. The van der Waals surface area contributed by atoms with Crippen molar-refractivity contribution in [2.45, 2.75) is 71.6 Å². The van der Waals surface area contributed by atoms with Crippen molar-refractivity contribution in [2.75, 3.05) is 11.5 Å². The Morgan fingerprint density at radius 1 is 0.625 bits per heavy atom. The third-order valence-corrected chi connectivity index (χ3v) is 4.69. The molecule has 0 bridgehead atoms. The van der Waals surface area contributed by atoms with E-state index in [0.717, 1.165) is 25.7 Å². The van der Waals surface area contributed by atoms with Crippen molar-refractivity contribution in [1.82, 2.24) is 0 Å². The van der Waals surface area contributed by atoms with Crippen molar-refractivity contribution in [2.24, 2.45) is 0 Å². The molecular weight excluding hydrogens is 220 g/mol. The van der Waals surface area contributed by atoms with Gasteiger partial charge in [0.2, 0.25) is 0 Å². The lowest BCUT2D eigenvalue weighted by Gasteiger charge is -2.03. The van der Waals surface area contributed by atoms with E-state index in [-0.39, 0.29) is 0 Å². The molecule has 0 radical (unpaired) electrons. The Kier molecular flexibility index (Phi) is 10.1. The highest BCUT2D eigenvalue weighted by atomic mass is 32.2. The summed E-state index contributed by atoms with van der Waals surface area (Å²) >= 11 is 0. The van der Waals surface area contributed by atoms with Gasteiger partial charge < -0.3 is 0 Å². The molecular formula is C13H28O2S. The molecule has 0 aromatic carbocycles. The first-order chi connectivity index (χ1) is 7.62. The van der Waals surface area contributed by atoms with E-state index in [1.54, 1.807) is 0 Å². The molecule has 0 aliphatic carbocycles. The second-order valence-corrected chi connectivity index (χ2v) is 6.93. The molecule has 3 heteroatoms. The maximum absolute atomic E-state index is 11.5. The zero-order chi connectivity index (χ0) is 12.3. The van der Waals surface area contributed by atoms with Crippen LogP contribution in [-0.2, 0) is 9.84 Å². The van der Waals surface area contributed by atoms with Crippen molar-refractivity contribution in [1.29, 1.82) is 0 Å². The van der Waals surface area contributed by atoms with Crippen molar-refractivity contribution in [3.63, 3.8) is 0 Å². The summed E-state index contributed by atoms with van der Waals surface area (Å²) in [5.74, 6) is 0.792. The van der Waals surface area contributed by atoms with Crippen LogP contribution in [0, 0.1) is 0 Å².